The van der Waals surface area contributed by atoms with Gasteiger partial charge in [-0.25, -0.2) is 8.78 Å². The molecule has 1 saturated heterocycles. The van der Waals surface area contributed by atoms with E-state index in [1.807, 2.05) is 13.8 Å². The van der Waals surface area contributed by atoms with E-state index in [1.165, 1.54) is 18.2 Å². The number of nitrogens with one attached hydrogen (secondary N) is 1. The molecule has 1 aliphatic rings. The minimum atomic E-state index is -0.434. The van der Waals surface area contributed by atoms with Gasteiger partial charge in [-0.05, 0) is 38.9 Å². The van der Waals surface area contributed by atoms with Crippen LogP contribution < -0.4 is 5.32 Å². The molecule has 0 aromatic heterocycles. The zero-order chi connectivity index (χ0) is 11.1. The van der Waals surface area contributed by atoms with Gasteiger partial charge in [0.1, 0.15) is 11.6 Å². The smallest absolute Gasteiger partial charge is 0.129 e. The maximum Gasteiger partial charge on any atom is 0.129 e. The summed E-state index contributed by atoms with van der Waals surface area (Å²) in [4.78, 5) is 0. The number of hydrogen-bond acceptors (Lipinski definition) is 1. The highest BCUT2D eigenvalue weighted by Crippen LogP contribution is 2.37. The van der Waals surface area contributed by atoms with Crippen LogP contribution in [-0.2, 0) is 0 Å². The highest BCUT2D eigenvalue weighted by Gasteiger charge is 2.38. The van der Waals surface area contributed by atoms with Gasteiger partial charge in [-0.3, -0.25) is 0 Å². The molecule has 0 bridgehead atoms. The highest BCUT2D eigenvalue weighted by atomic mass is 19.1. The molecular weight excluding hydrogens is 196 g/mol. The Kier molecular flexibility index (Phi) is 2.51. The molecule has 1 aromatic carbocycles. The number of benzene rings is 1. The molecule has 82 valence electrons. The summed E-state index contributed by atoms with van der Waals surface area (Å²) in [5.41, 5.74) is -0.00394. The minimum absolute atomic E-state index is 0.0845. The van der Waals surface area contributed by atoms with E-state index in [-0.39, 0.29) is 17.0 Å². The van der Waals surface area contributed by atoms with Gasteiger partial charge < -0.3 is 5.32 Å². The number of rotatable bonds is 1. The first-order chi connectivity index (χ1) is 7.02. The van der Waals surface area contributed by atoms with E-state index >= 15 is 0 Å². The summed E-state index contributed by atoms with van der Waals surface area (Å²) in [7, 11) is 0. The van der Waals surface area contributed by atoms with Crippen molar-refractivity contribution in [1.82, 2.24) is 5.32 Å². The van der Waals surface area contributed by atoms with E-state index in [0.717, 1.165) is 13.0 Å². The molecule has 0 radical (unpaired) electrons. The molecule has 3 heteroatoms. The van der Waals surface area contributed by atoms with Crippen LogP contribution in [0.1, 0.15) is 31.7 Å². The van der Waals surface area contributed by atoms with Gasteiger partial charge in [0, 0.05) is 17.0 Å². The van der Waals surface area contributed by atoms with Gasteiger partial charge >= 0.3 is 0 Å². The van der Waals surface area contributed by atoms with Crippen LogP contribution in [0, 0.1) is 11.6 Å². The second-order valence-corrected chi connectivity index (χ2v) is 4.63. The fourth-order valence-electron chi connectivity index (χ4n) is 2.37. The Morgan fingerprint density at radius 1 is 1.27 bits per heavy atom. The molecule has 1 aromatic rings. The predicted molar refractivity (Wildman–Crippen MR) is 55.8 cm³/mol. The molecule has 1 fully saturated rings. The Bertz CT molecular complexity index is 354. The predicted octanol–water partition coefficient (Wildman–Crippen LogP) is 2.82. The van der Waals surface area contributed by atoms with E-state index in [4.69, 9.17) is 0 Å². The zero-order valence-electron chi connectivity index (χ0n) is 8.98. The Balaban J connectivity index is 2.45. The normalized spacial score (nSPS) is 24.4. The average molecular weight is 211 g/mol. The summed E-state index contributed by atoms with van der Waals surface area (Å²) in [6.45, 7) is 4.78. The van der Waals surface area contributed by atoms with Crippen molar-refractivity contribution in [2.45, 2.75) is 31.7 Å². The maximum absolute atomic E-state index is 13.6. The molecule has 1 atom stereocenters. The van der Waals surface area contributed by atoms with Gasteiger partial charge in [-0.2, -0.15) is 0 Å². The molecule has 15 heavy (non-hydrogen) atoms. The third kappa shape index (κ3) is 1.76. The summed E-state index contributed by atoms with van der Waals surface area (Å²) in [5, 5.41) is 3.27. The third-order valence-electron chi connectivity index (χ3n) is 3.23. The fourth-order valence-corrected chi connectivity index (χ4v) is 2.37. The summed E-state index contributed by atoms with van der Waals surface area (Å²) in [6.07, 6.45) is 0.783. The number of halogens is 2. The van der Waals surface area contributed by atoms with Crippen LogP contribution in [0.4, 0.5) is 8.78 Å². The van der Waals surface area contributed by atoms with Crippen molar-refractivity contribution in [2.75, 3.05) is 6.54 Å². The molecule has 0 aliphatic carbocycles. The lowest BCUT2D eigenvalue weighted by atomic mass is 9.83. The summed E-state index contributed by atoms with van der Waals surface area (Å²) in [6, 6.07) is 4.06. The molecule has 1 nitrogen and oxygen atoms in total. The van der Waals surface area contributed by atoms with Crippen molar-refractivity contribution >= 4 is 0 Å². The Morgan fingerprint density at radius 2 is 1.87 bits per heavy atom. The lowest BCUT2D eigenvalue weighted by Crippen LogP contribution is -2.37. The standard InChI is InChI=1S/C12H15F2N/c1-12(2)8(6-7-15-12)11-9(13)4-3-5-10(11)14/h3-5,8,15H,6-7H2,1-2H3. The molecule has 0 amide bonds. The third-order valence-corrected chi connectivity index (χ3v) is 3.23. The van der Waals surface area contributed by atoms with E-state index in [2.05, 4.69) is 5.32 Å². The van der Waals surface area contributed by atoms with Crippen molar-refractivity contribution < 1.29 is 8.78 Å². The summed E-state index contributed by atoms with van der Waals surface area (Å²) < 4.78 is 27.2. The molecule has 0 saturated carbocycles. The van der Waals surface area contributed by atoms with Crippen molar-refractivity contribution in [1.29, 1.82) is 0 Å². The van der Waals surface area contributed by atoms with E-state index in [9.17, 15) is 8.78 Å². The fraction of sp³-hybridized carbons (Fsp3) is 0.500. The first-order valence-electron chi connectivity index (χ1n) is 5.21. The Labute approximate surface area is 88.5 Å². The van der Waals surface area contributed by atoms with Crippen molar-refractivity contribution in [3.63, 3.8) is 0 Å². The van der Waals surface area contributed by atoms with Crippen LogP contribution in [-0.4, -0.2) is 12.1 Å². The SMILES string of the molecule is CC1(C)NCCC1c1c(F)cccc1F. The summed E-state index contributed by atoms with van der Waals surface area (Å²) >= 11 is 0. The molecule has 1 N–H and O–H groups in total. The molecule has 1 unspecified atom stereocenters. The largest absolute Gasteiger partial charge is 0.311 e. The lowest BCUT2D eigenvalue weighted by molar-refractivity contribution is 0.388. The van der Waals surface area contributed by atoms with E-state index < -0.39 is 11.6 Å². The van der Waals surface area contributed by atoms with Gasteiger partial charge in [0.05, 0.1) is 0 Å². The molecule has 0 spiro atoms. The summed E-state index contributed by atoms with van der Waals surface area (Å²) in [5.74, 6) is -0.952. The van der Waals surface area contributed by atoms with Crippen LogP contribution in [0.3, 0.4) is 0 Å². The lowest BCUT2D eigenvalue weighted by Gasteiger charge is -2.28. The van der Waals surface area contributed by atoms with Gasteiger partial charge in [0.2, 0.25) is 0 Å². The maximum atomic E-state index is 13.6. The second kappa shape index (κ2) is 3.56. The van der Waals surface area contributed by atoms with Crippen molar-refractivity contribution in [3.8, 4) is 0 Å². The molecular formula is C12H15F2N. The molecule has 2 rings (SSSR count). The quantitative estimate of drug-likeness (QED) is 0.753. The van der Waals surface area contributed by atoms with Crippen LogP contribution in [0.5, 0.6) is 0 Å². The van der Waals surface area contributed by atoms with Gasteiger partial charge in [0.25, 0.3) is 0 Å². The second-order valence-electron chi connectivity index (χ2n) is 4.63. The average Bonchev–Trinajstić information content (AvgIpc) is 2.46. The van der Waals surface area contributed by atoms with Crippen LogP contribution >= 0.6 is 0 Å². The van der Waals surface area contributed by atoms with Crippen LogP contribution in [0.15, 0.2) is 18.2 Å². The molecule has 1 aliphatic heterocycles. The topological polar surface area (TPSA) is 12.0 Å². The highest BCUT2D eigenvalue weighted by molar-refractivity contribution is 5.28. The molecule has 1 heterocycles. The monoisotopic (exact) mass is 211 g/mol. The van der Waals surface area contributed by atoms with Crippen LogP contribution in [0.25, 0.3) is 0 Å². The van der Waals surface area contributed by atoms with E-state index in [1.54, 1.807) is 0 Å². The van der Waals surface area contributed by atoms with Gasteiger partial charge in [-0.1, -0.05) is 6.07 Å². The van der Waals surface area contributed by atoms with Crippen molar-refractivity contribution in [3.05, 3.63) is 35.4 Å². The van der Waals surface area contributed by atoms with E-state index in [0.29, 0.717) is 0 Å². The Hall–Kier alpha value is -0.960. The Morgan fingerprint density at radius 3 is 2.33 bits per heavy atom. The zero-order valence-corrected chi connectivity index (χ0v) is 8.98. The first-order valence-corrected chi connectivity index (χ1v) is 5.21. The minimum Gasteiger partial charge on any atom is -0.311 e. The van der Waals surface area contributed by atoms with Crippen molar-refractivity contribution in [2.24, 2.45) is 0 Å². The number of hydrogen-bond donors (Lipinski definition) is 1. The first kappa shape index (κ1) is 10.6. The van der Waals surface area contributed by atoms with Crippen LogP contribution in [0.2, 0.25) is 0 Å². The van der Waals surface area contributed by atoms with Gasteiger partial charge in [-0.15, -0.1) is 0 Å². The van der Waals surface area contributed by atoms with Gasteiger partial charge in [0.15, 0.2) is 0 Å².